The second kappa shape index (κ2) is 15.7. The van der Waals surface area contributed by atoms with Crippen molar-refractivity contribution in [2.45, 2.75) is 97.1 Å². The zero-order chi connectivity index (χ0) is 40.7. The summed E-state index contributed by atoms with van der Waals surface area (Å²) < 4.78 is 25.1. The molecule has 6 rings (SSSR count). The maximum atomic E-state index is 13.4. The molecule has 0 saturated carbocycles. The van der Waals surface area contributed by atoms with Gasteiger partial charge < -0.3 is 23.5 Å². The number of aromatic nitrogens is 1. The van der Waals surface area contributed by atoms with Crippen molar-refractivity contribution in [2.24, 2.45) is 0 Å². The van der Waals surface area contributed by atoms with E-state index in [0.717, 1.165) is 47.5 Å². The number of imide groups is 1. The van der Waals surface area contributed by atoms with Gasteiger partial charge in [0.05, 0.1) is 35.6 Å². The third kappa shape index (κ3) is 8.62. The van der Waals surface area contributed by atoms with Crippen molar-refractivity contribution in [2.75, 3.05) is 49.2 Å². The van der Waals surface area contributed by atoms with E-state index in [4.69, 9.17) is 30.2 Å². The third-order valence-corrected chi connectivity index (χ3v) is 15.9. The van der Waals surface area contributed by atoms with E-state index in [1.54, 1.807) is 53.8 Å². The van der Waals surface area contributed by atoms with E-state index in [9.17, 15) is 9.59 Å². The highest BCUT2D eigenvalue weighted by Gasteiger charge is 2.56. The number of pyridine rings is 1. The number of nitrogens with zero attached hydrogens (tertiary/aromatic N) is 4. The van der Waals surface area contributed by atoms with Crippen molar-refractivity contribution in [3.8, 4) is 0 Å². The van der Waals surface area contributed by atoms with Crippen LogP contribution in [0.2, 0.25) is 10.1 Å². The topological polar surface area (TPSA) is 93.7 Å². The van der Waals surface area contributed by atoms with Gasteiger partial charge in [0.15, 0.2) is 0 Å². The summed E-state index contributed by atoms with van der Waals surface area (Å²) in [6.45, 7) is 23.8. The van der Waals surface area contributed by atoms with Gasteiger partial charge in [-0.25, -0.2) is 14.6 Å². The molecule has 2 fully saturated rings. The molecule has 0 spiro atoms. The molecule has 0 bridgehead atoms. The van der Waals surface area contributed by atoms with Crippen LogP contribution in [-0.4, -0.2) is 92.6 Å². The van der Waals surface area contributed by atoms with Crippen LogP contribution in [0.5, 0.6) is 0 Å². The Hall–Kier alpha value is -4.00. The summed E-state index contributed by atoms with van der Waals surface area (Å²) in [7, 11) is -2.82. The summed E-state index contributed by atoms with van der Waals surface area (Å²) in [6.07, 6.45) is -0.281. The Morgan fingerprint density at radius 1 is 0.804 bits per heavy atom. The first kappa shape index (κ1) is 41.6. The lowest BCUT2D eigenvalue weighted by molar-refractivity contribution is 0.0165. The van der Waals surface area contributed by atoms with Gasteiger partial charge in [-0.1, -0.05) is 93.0 Å². The Balaban J connectivity index is 1.26. The summed E-state index contributed by atoms with van der Waals surface area (Å²) in [5, 5.41) is 4.48. The highest BCUT2D eigenvalue weighted by atomic mass is 35.5. The molecule has 4 aromatic rings. The van der Waals surface area contributed by atoms with E-state index < -0.39 is 31.7 Å². The Morgan fingerprint density at radius 3 is 1.84 bits per heavy atom. The average molecular weight is 802 g/mol. The zero-order valence-corrected chi connectivity index (χ0v) is 36.3. The zero-order valence-electron chi connectivity index (χ0n) is 34.5. The fourth-order valence-electron chi connectivity index (χ4n) is 7.85. The number of halogens is 1. The van der Waals surface area contributed by atoms with Crippen molar-refractivity contribution >= 4 is 64.8 Å². The average Bonchev–Trinajstić information content (AvgIpc) is 3.49. The highest BCUT2D eigenvalue weighted by Crippen LogP contribution is 2.42. The van der Waals surface area contributed by atoms with Gasteiger partial charge in [-0.2, -0.15) is 4.90 Å². The lowest BCUT2D eigenvalue weighted by atomic mass is 9.95. The van der Waals surface area contributed by atoms with Crippen LogP contribution < -0.4 is 20.2 Å². The summed E-state index contributed by atoms with van der Waals surface area (Å²) >= 11 is 6.95. The molecule has 0 aliphatic carbocycles. The molecular weight excluding hydrogens is 744 g/mol. The maximum Gasteiger partial charge on any atom is 0.425 e. The van der Waals surface area contributed by atoms with Crippen LogP contribution in [-0.2, 0) is 18.6 Å². The molecule has 2 aliphatic rings. The van der Waals surface area contributed by atoms with Gasteiger partial charge in [0, 0.05) is 37.8 Å². The molecule has 3 heterocycles. The highest BCUT2D eigenvalue weighted by molar-refractivity contribution is 6.99. The molecule has 2 amide bonds. The Labute approximate surface area is 338 Å². The number of carbonyl (C=O) groups excluding carboxylic acids is 2. The maximum absolute atomic E-state index is 13.4. The lowest BCUT2D eigenvalue weighted by Gasteiger charge is -2.50. The summed E-state index contributed by atoms with van der Waals surface area (Å²) in [6, 6.07) is 27.1. The Kier molecular flexibility index (Phi) is 11.7. The fraction of sp³-hybridized carbons (Fsp3) is 0.477. The second-order valence-corrected chi connectivity index (χ2v) is 22.8. The van der Waals surface area contributed by atoms with Crippen LogP contribution in [0.25, 0.3) is 10.8 Å². The largest absolute Gasteiger partial charge is 0.443 e. The molecule has 0 radical (unpaired) electrons. The van der Waals surface area contributed by atoms with E-state index >= 15 is 0 Å². The molecule has 300 valence electrons. The van der Waals surface area contributed by atoms with Crippen molar-refractivity contribution in [3.63, 3.8) is 0 Å². The van der Waals surface area contributed by atoms with Crippen LogP contribution in [0.1, 0.15) is 69.2 Å². The van der Waals surface area contributed by atoms with Gasteiger partial charge in [0.1, 0.15) is 17.0 Å². The molecule has 0 unspecified atom stereocenters. The van der Waals surface area contributed by atoms with E-state index in [-0.39, 0.29) is 22.5 Å². The molecular formula is C44H57ClN4O6Si. The summed E-state index contributed by atoms with van der Waals surface area (Å²) in [5.74, 6) is 0.0974. The predicted octanol–water partition coefficient (Wildman–Crippen LogP) is 8.42. The van der Waals surface area contributed by atoms with Crippen LogP contribution in [0.3, 0.4) is 0 Å². The van der Waals surface area contributed by atoms with Crippen molar-refractivity contribution in [1.29, 1.82) is 0 Å². The van der Waals surface area contributed by atoms with E-state index in [1.807, 2.05) is 12.1 Å². The number of ether oxygens (including phenoxy) is 3. The molecule has 10 nitrogen and oxygen atoms in total. The van der Waals surface area contributed by atoms with Gasteiger partial charge in [0.2, 0.25) is 0 Å². The van der Waals surface area contributed by atoms with Gasteiger partial charge in [-0.3, -0.25) is 4.90 Å². The predicted molar refractivity (Wildman–Crippen MR) is 227 cm³/mol. The minimum Gasteiger partial charge on any atom is -0.443 e. The van der Waals surface area contributed by atoms with E-state index in [1.165, 1.54) is 10.4 Å². The van der Waals surface area contributed by atoms with Crippen LogP contribution in [0, 0.1) is 0 Å². The monoisotopic (exact) mass is 800 g/mol. The molecule has 0 N–H and O–H groups in total. The molecule has 56 heavy (non-hydrogen) atoms. The third-order valence-electron chi connectivity index (χ3n) is 10.6. The first-order valence-corrected chi connectivity index (χ1v) is 21.7. The van der Waals surface area contributed by atoms with Crippen molar-refractivity contribution in [1.82, 2.24) is 9.88 Å². The van der Waals surface area contributed by atoms with Crippen LogP contribution in [0.4, 0.5) is 21.1 Å². The molecule has 2 saturated heterocycles. The smallest absolute Gasteiger partial charge is 0.425 e. The SMILES string of the molecule is CC(C)(C)OC(=O)N(C(=O)OC(C)(C)C)c1cc2cc(N3CCN([C@@]4(C)COC[C@H]4O[Si](c4ccccc4)(c4ccccc4)C(C)(C)C)CC3)c(Cl)cc2cn1. The van der Waals surface area contributed by atoms with Crippen LogP contribution in [0.15, 0.2) is 85.1 Å². The minimum absolute atomic E-state index is 0.0974. The molecule has 3 aromatic carbocycles. The van der Waals surface area contributed by atoms with Crippen molar-refractivity contribution < 1.29 is 28.2 Å². The Morgan fingerprint density at radius 2 is 1.34 bits per heavy atom. The normalized spacial score (nSPS) is 19.9. The molecule has 12 heteroatoms. The number of hydrogen-bond acceptors (Lipinski definition) is 9. The summed E-state index contributed by atoms with van der Waals surface area (Å²) in [5.41, 5.74) is -1.16. The van der Waals surface area contributed by atoms with E-state index in [0.29, 0.717) is 18.2 Å². The standard InChI is InChI=1S/C44H57ClN4O6Si/c1-41(2,3)53-39(50)49(40(51)54-42(4,5)6)38-27-31-26-36(35(45)25-32(31)28-46-38)47-21-23-48(24-22-47)44(10)30-52-29-37(44)55-56(43(7,8)9,33-17-13-11-14-18-33)34-19-15-12-16-20-34/h11-20,25-28,37H,21-24,29-30H2,1-10H3/t37-,44+/m1/s1. The molecule has 1 aromatic heterocycles. The van der Waals surface area contributed by atoms with Crippen molar-refractivity contribution in [3.05, 3.63) is 90.1 Å². The number of benzene rings is 3. The quantitative estimate of drug-likeness (QED) is 0.171. The second-order valence-electron chi connectivity index (χ2n) is 18.1. The van der Waals surface area contributed by atoms with Crippen LogP contribution >= 0.6 is 11.6 Å². The number of piperazine rings is 1. The Bertz CT molecular complexity index is 1960. The fourth-order valence-corrected chi connectivity index (χ4v) is 12.9. The number of hydrogen-bond donors (Lipinski definition) is 0. The van der Waals surface area contributed by atoms with Gasteiger partial charge >= 0.3 is 12.2 Å². The van der Waals surface area contributed by atoms with Gasteiger partial charge in [-0.05, 0) is 87.5 Å². The molecule has 2 atom stereocenters. The van der Waals surface area contributed by atoms with Gasteiger partial charge in [-0.15, -0.1) is 0 Å². The number of carbonyl (C=O) groups is 2. The lowest BCUT2D eigenvalue weighted by Crippen LogP contribution is -2.71. The number of amides is 2. The summed E-state index contributed by atoms with van der Waals surface area (Å²) in [4.78, 5) is 36.8. The number of anilines is 2. The minimum atomic E-state index is -2.82. The number of rotatable bonds is 7. The first-order valence-electron chi connectivity index (χ1n) is 19.4. The van der Waals surface area contributed by atoms with Gasteiger partial charge in [0.25, 0.3) is 8.32 Å². The number of fused-ring (bicyclic) bond motifs is 1. The first-order chi connectivity index (χ1) is 26.2. The van der Waals surface area contributed by atoms with E-state index in [2.05, 4.69) is 103 Å². The molecule has 2 aliphatic heterocycles.